The van der Waals surface area contributed by atoms with Crippen LogP contribution >= 0.6 is 11.6 Å². The Labute approximate surface area is 116 Å². The zero-order chi connectivity index (χ0) is 13.7. The summed E-state index contributed by atoms with van der Waals surface area (Å²) in [6.07, 6.45) is 0. The fourth-order valence-corrected chi connectivity index (χ4v) is 1.74. The molecule has 0 radical (unpaired) electrons. The molecule has 0 fully saturated rings. The number of nitrogens with one attached hydrogen (secondary N) is 1. The lowest BCUT2D eigenvalue weighted by Gasteiger charge is -2.05. The van der Waals surface area contributed by atoms with Crippen LogP contribution in [0, 0.1) is 11.3 Å². The highest BCUT2D eigenvalue weighted by molar-refractivity contribution is 6.30. The predicted octanol–water partition coefficient (Wildman–Crippen LogP) is 3.14. The van der Waals surface area contributed by atoms with Crippen molar-refractivity contribution in [1.82, 2.24) is 5.32 Å². The van der Waals surface area contributed by atoms with Crippen molar-refractivity contribution in [3.8, 4) is 6.07 Å². The summed E-state index contributed by atoms with van der Waals surface area (Å²) in [6.45, 7) is 0.423. The normalized spacial score (nSPS) is 9.68. The fourth-order valence-electron chi connectivity index (χ4n) is 1.62. The van der Waals surface area contributed by atoms with Gasteiger partial charge in [0.1, 0.15) is 0 Å². The number of hydrogen-bond acceptors (Lipinski definition) is 2. The van der Waals surface area contributed by atoms with Gasteiger partial charge in [-0.2, -0.15) is 5.26 Å². The van der Waals surface area contributed by atoms with Crippen LogP contribution in [0.3, 0.4) is 0 Å². The van der Waals surface area contributed by atoms with Crippen LogP contribution in [-0.4, -0.2) is 5.91 Å². The van der Waals surface area contributed by atoms with Gasteiger partial charge in [-0.15, -0.1) is 0 Å². The van der Waals surface area contributed by atoms with Gasteiger partial charge in [0, 0.05) is 17.1 Å². The Bertz CT molecular complexity index is 629. The minimum Gasteiger partial charge on any atom is -0.348 e. The molecule has 2 aromatic rings. The van der Waals surface area contributed by atoms with Crippen molar-refractivity contribution in [3.63, 3.8) is 0 Å². The minimum absolute atomic E-state index is 0.202. The minimum atomic E-state index is -0.202. The SMILES string of the molecule is N#Cc1cccc(C(=O)NCc2ccc(Cl)cc2)c1. The second-order valence-electron chi connectivity index (χ2n) is 4.00. The van der Waals surface area contributed by atoms with Gasteiger partial charge in [0.25, 0.3) is 5.91 Å². The Balaban J connectivity index is 2.01. The molecule has 0 saturated carbocycles. The maximum Gasteiger partial charge on any atom is 0.251 e. The van der Waals surface area contributed by atoms with E-state index in [1.54, 1.807) is 36.4 Å². The van der Waals surface area contributed by atoms with Gasteiger partial charge in [0.05, 0.1) is 11.6 Å². The zero-order valence-electron chi connectivity index (χ0n) is 10.1. The van der Waals surface area contributed by atoms with E-state index in [0.29, 0.717) is 22.7 Å². The number of benzene rings is 2. The second kappa shape index (κ2) is 6.03. The lowest BCUT2D eigenvalue weighted by Crippen LogP contribution is -2.22. The molecular formula is C15H11ClN2O. The number of amides is 1. The molecule has 2 aromatic carbocycles. The summed E-state index contributed by atoms with van der Waals surface area (Å²) in [6, 6.07) is 15.9. The van der Waals surface area contributed by atoms with Gasteiger partial charge in [-0.05, 0) is 35.9 Å². The molecule has 0 heterocycles. The number of nitrogens with zero attached hydrogens (tertiary/aromatic N) is 1. The number of carbonyl (C=O) groups is 1. The van der Waals surface area contributed by atoms with E-state index in [4.69, 9.17) is 16.9 Å². The molecule has 0 aliphatic rings. The summed E-state index contributed by atoms with van der Waals surface area (Å²) < 4.78 is 0. The molecule has 2 rings (SSSR count). The summed E-state index contributed by atoms with van der Waals surface area (Å²) in [7, 11) is 0. The largest absolute Gasteiger partial charge is 0.348 e. The second-order valence-corrected chi connectivity index (χ2v) is 4.44. The molecule has 94 valence electrons. The van der Waals surface area contributed by atoms with Crippen molar-refractivity contribution in [3.05, 3.63) is 70.2 Å². The van der Waals surface area contributed by atoms with Gasteiger partial charge in [-0.25, -0.2) is 0 Å². The standard InChI is InChI=1S/C15H11ClN2O/c16-14-6-4-11(5-7-14)10-18-15(19)13-3-1-2-12(8-13)9-17/h1-8H,10H2,(H,18,19). The molecule has 4 heteroatoms. The monoisotopic (exact) mass is 270 g/mol. The van der Waals surface area contributed by atoms with E-state index in [9.17, 15) is 4.79 Å². The fraction of sp³-hybridized carbons (Fsp3) is 0.0667. The molecule has 0 aromatic heterocycles. The number of carbonyl (C=O) groups excluding carboxylic acids is 1. The van der Waals surface area contributed by atoms with Crippen molar-refractivity contribution in [2.45, 2.75) is 6.54 Å². The molecule has 0 saturated heterocycles. The summed E-state index contributed by atoms with van der Waals surface area (Å²) in [4.78, 5) is 11.9. The number of halogens is 1. The van der Waals surface area contributed by atoms with Gasteiger partial charge in [-0.1, -0.05) is 29.8 Å². The van der Waals surface area contributed by atoms with Crippen molar-refractivity contribution in [2.75, 3.05) is 0 Å². The van der Waals surface area contributed by atoms with E-state index in [2.05, 4.69) is 5.32 Å². The highest BCUT2D eigenvalue weighted by Gasteiger charge is 2.05. The van der Waals surface area contributed by atoms with Crippen molar-refractivity contribution in [2.24, 2.45) is 0 Å². The van der Waals surface area contributed by atoms with E-state index >= 15 is 0 Å². The highest BCUT2D eigenvalue weighted by Crippen LogP contribution is 2.09. The van der Waals surface area contributed by atoms with Gasteiger partial charge >= 0.3 is 0 Å². The molecule has 0 aliphatic carbocycles. The van der Waals surface area contributed by atoms with E-state index < -0.39 is 0 Å². The van der Waals surface area contributed by atoms with Crippen LogP contribution in [0.5, 0.6) is 0 Å². The Morgan fingerprint density at radius 1 is 1.21 bits per heavy atom. The van der Waals surface area contributed by atoms with Crippen molar-refractivity contribution >= 4 is 17.5 Å². The smallest absolute Gasteiger partial charge is 0.251 e. The van der Waals surface area contributed by atoms with Crippen LogP contribution in [0.25, 0.3) is 0 Å². The Morgan fingerprint density at radius 3 is 2.63 bits per heavy atom. The molecule has 0 unspecified atom stereocenters. The van der Waals surface area contributed by atoms with E-state index in [-0.39, 0.29) is 5.91 Å². The molecule has 0 aliphatic heterocycles. The van der Waals surface area contributed by atoms with Crippen LogP contribution < -0.4 is 5.32 Å². The lowest BCUT2D eigenvalue weighted by atomic mass is 10.1. The first-order valence-corrected chi connectivity index (χ1v) is 6.09. The van der Waals surface area contributed by atoms with Crippen LogP contribution in [0.15, 0.2) is 48.5 Å². The van der Waals surface area contributed by atoms with Crippen LogP contribution in [0.2, 0.25) is 5.02 Å². The maximum atomic E-state index is 11.9. The number of nitriles is 1. The molecule has 19 heavy (non-hydrogen) atoms. The summed E-state index contributed by atoms with van der Waals surface area (Å²) >= 11 is 5.79. The third-order valence-electron chi connectivity index (χ3n) is 2.62. The lowest BCUT2D eigenvalue weighted by molar-refractivity contribution is 0.0951. The molecule has 0 bridgehead atoms. The highest BCUT2D eigenvalue weighted by atomic mass is 35.5. The Morgan fingerprint density at radius 2 is 1.95 bits per heavy atom. The summed E-state index contributed by atoms with van der Waals surface area (Å²) in [5, 5.41) is 12.2. The van der Waals surface area contributed by atoms with Gasteiger partial charge < -0.3 is 5.32 Å². The maximum absolute atomic E-state index is 11.9. The van der Waals surface area contributed by atoms with Gasteiger partial charge in [0.2, 0.25) is 0 Å². The van der Waals surface area contributed by atoms with E-state index in [1.807, 2.05) is 18.2 Å². The zero-order valence-corrected chi connectivity index (χ0v) is 10.8. The molecular weight excluding hydrogens is 260 g/mol. The average Bonchev–Trinajstić information content (AvgIpc) is 2.46. The third-order valence-corrected chi connectivity index (χ3v) is 2.87. The molecule has 1 amide bonds. The van der Waals surface area contributed by atoms with E-state index in [1.165, 1.54) is 0 Å². The van der Waals surface area contributed by atoms with E-state index in [0.717, 1.165) is 5.56 Å². The van der Waals surface area contributed by atoms with Crippen molar-refractivity contribution in [1.29, 1.82) is 5.26 Å². The van der Waals surface area contributed by atoms with Crippen LogP contribution in [0.4, 0.5) is 0 Å². The Kier molecular flexibility index (Phi) is 4.17. The number of rotatable bonds is 3. The van der Waals surface area contributed by atoms with Crippen molar-refractivity contribution < 1.29 is 4.79 Å². The Hall–Kier alpha value is -2.31. The van der Waals surface area contributed by atoms with Crippen LogP contribution in [-0.2, 0) is 6.54 Å². The summed E-state index contributed by atoms with van der Waals surface area (Å²) in [5.41, 5.74) is 1.92. The summed E-state index contributed by atoms with van der Waals surface area (Å²) in [5.74, 6) is -0.202. The van der Waals surface area contributed by atoms with Crippen LogP contribution in [0.1, 0.15) is 21.5 Å². The molecule has 0 spiro atoms. The first-order valence-electron chi connectivity index (χ1n) is 5.72. The molecule has 0 atom stereocenters. The van der Waals surface area contributed by atoms with Gasteiger partial charge in [-0.3, -0.25) is 4.79 Å². The topological polar surface area (TPSA) is 52.9 Å². The quantitative estimate of drug-likeness (QED) is 0.931. The predicted molar refractivity (Wildman–Crippen MR) is 73.8 cm³/mol. The third kappa shape index (κ3) is 3.57. The number of hydrogen-bond donors (Lipinski definition) is 1. The first kappa shape index (κ1) is 13.1. The molecule has 1 N–H and O–H groups in total. The van der Waals surface area contributed by atoms with Gasteiger partial charge in [0.15, 0.2) is 0 Å². The molecule has 3 nitrogen and oxygen atoms in total. The average molecular weight is 271 g/mol. The first-order chi connectivity index (χ1) is 9.19.